The number of hydrogen-bond acceptors (Lipinski definition) is 8. The predicted octanol–water partition coefficient (Wildman–Crippen LogP) is 2.92. The first kappa shape index (κ1) is 27.3. The van der Waals surface area contributed by atoms with E-state index in [2.05, 4.69) is 44.5 Å². The molecule has 3 aliphatic rings. The Labute approximate surface area is 230 Å². The van der Waals surface area contributed by atoms with Crippen LogP contribution in [0.2, 0.25) is 0 Å². The molecule has 10 nitrogen and oxygen atoms in total. The Hall–Kier alpha value is -3.24. The standard InChI is InChI=1S/C29H40N6O4/c1-29(2,3)39-28(38)33-13-9-22(10-14-33)32-26-16-23(30-19-31-26)27(37)35-15-11-24(25(36)18-35)34-12-8-20-6-4-5-7-21(20)17-34/h4-7,16,19,22,24-25,36H,8-15,17-18H2,1-3H3,(H,30,31,32)/t24?,25-/m0/s1. The maximum Gasteiger partial charge on any atom is 0.410 e. The zero-order chi connectivity index (χ0) is 27.6. The van der Waals surface area contributed by atoms with E-state index >= 15 is 0 Å². The van der Waals surface area contributed by atoms with Gasteiger partial charge in [0.15, 0.2) is 0 Å². The van der Waals surface area contributed by atoms with Gasteiger partial charge in [-0.15, -0.1) is 0 Å². The maximum absolute atomic E-state index is 13.3. The minimum Gasteiger partial charge on any atom is -0.444 e. The van der Waals surface area contributed by atoms with Crippen molar-refractivity contribution in [2.45, 2.75) is 76.8 Å². The van der Waals surface area contributed by atoms with E-state index in [9.17, 15) is 14.7 Å². The molecule has 2 N–H and O–H groups in total. The first-order valence-electron chi connectivity index (χ1n) is 14.0. The largest absolute Gasteiger partial charge is 0.444 e. The molecule has 2 amide bonds. The molecule has 2 saturated heterocycles. The summed E-state index contributed by atoms with van der Waals surface area (Å²) in [7, 11) is 0. The van der Waals surface area contributed by atoms with E-state index in [0.29, 0.717) is 31.1 Å². The van der Waals surface area contributed by atoms with Crippen molar-refractivity contribution >= 4 is 17.8 Å². The number of amides is 2. The summed E-state index contributed by atoms with van der Waals surface area (Å²) in [5, 5.41) is 14.4. The minimum absolute atomic E-state index is 0.0385. The number of aliphatic hydroxyl groups excluding tert-OH is 1. The van der Waals surface area contributed by atoms with Crippen molar-refractivity contribution in [3.63, 3.8) is 0 Å². The lowest BCUT2D eigenvalue weighted by Gasteiger charge is -2.43. The highest BCUT2D eigenvalue weighted by Crippen LogP contribution is 2.26. The summed E-state index contributed by atoms with van der Waals surface area (Å²) in [4.78, 5) is 40.0. The lowest BCUT2D eigenvalue weighted by Crippen LogP contribution is -2.56. The molecule has 4 heterocycles. The van der Waals surface area contributed by atoms with Gasteiger partial charge >= 0.3 is 6.09 Å². The molecule has 2 aromatic rings. The van der Waals surface area contributed by atoms with Gasteiger partial charge in [0.25, 0.3) is 5.91 Å². The Balaban J connectivity index is 1.13. The first-order valence-corrected chi connectivity index (χ1v) is 14.0. The summed E-state index contributed by atoms with van der Waals surface area (Å²) in [6.45, 7) is 9.41. The molecular weight excluding hydrogens is 496 g/mol. The first-order chi connectivity index (χ1) is 18.7. The van der Waals surface area contributed by atoms with E-state index in [1.807, 2.05) is 20.8 Å². The van der Waals surface area contributed by atoms with Gasteiger partial charge in [-0.05, 0) is 57.6 Å². The molecule has 2 fully saturated rings. The van der Waals surface area contributed by atoms with Gasteiger partial charge in [0.2, 0.25) is 0 Å². The number of fused-ring (bicyclic) bond motifs is 1. The fraction of sp³-hybridized carbons (Fsp3) is 0.586. The maximum atomic E-state index is 13.3. The average molecular weight is 537 g/mol. The van der Waals surface area contributed by atoms with Crippen LogP contribution in [-0.2, 0) is 17.7 Å². The van der Waals surface area contributed by atoms with E-state index in [-0.39, 0.29) is 30.6 Å². The van der Waals surface area contributed by atoms with Crippen LogP contribution in [0.25, 0.3) is 0 Å². The Bertz CT molecular complexity index is 1180. The fourth-order valence-electron chi connectivity index (χ4n) is 5.79. The third kappa shape index (κ3) is 6.67. The lowest BCUT2D eigenvalue weighted by atomic mass is 9.94. The molecule has 0 spiro atoms. The van der Waals surface area contributed by atoms with Crippen LogP contribution >= 0.6 is 0 Å². The van der Waals surface area contributed by atoms with Crippen molar-refractivity contribution in [1.82, 2.24) is 24.7 Å². The molecule has 1 aromatic heterocycles. The van der Waals surface area contributed by atoms with E-state index < -0.39 is 11.7 Å². The number of rotatable bonds is 4. The topological polar surface area (TPSA) is 111 Å². The smallest absolute Gasteiger partial charge is 0.410 e. The Morgan fingerprint density at radius 2 is 1.72 bits per heavy atom. The molecular formula is C29H40N6O4. The van der Waals surface area contributed by atoms with Crippen LogP contribution in [0, 0.1) is 0 Å². The summed E-state index contributed by atoms with van der Waals surface area (Å²) in [6, 6.07) is 10.3. The number of nitrogens with one attached hydrogen (secondary N) is 1. The van der Waals surface area contributed by atoms with Crippen molar-refractivity contribution in [3.8, 4) is 0 Å². The summed E-state index contributed by atoms with van der Waals surface area (Å²) in [6.07, 6.45) is 3.73. The number of ether oxygens (including phenoxy) is 1. The van der Waals surface area contributed by atoms with E-state index in [1.165, 1.54) is 17.5 Å². The molecule has 10 heteroatoms. The van der Waals surface area contributed by atoms with Crippen LogP contribution in [0.1, 0.15) is 61.6 Å². The Kier molecular flexibility index (Phi) is 8.04. The Morgan fingerprint density at radius 1 is 1.00 bits per heavy atom. The molecule has 0 radical (unpaired) electrons. The molecule has 39 heavy (non-hydrogen) atoms. The molecule has 1 unspecified atom stereocenters. The highest BCUT2D eigenvalue weighted by molar-refractivity contribution is 5.93. The molecule has 3 aliphatic heterocycles. The summed E-state index contributed by atoms with van der Waals surface area (Å²) in [5.41, 5.74) is 2.51. The highest BCUT2D eigenvalue weighted by Gasteiger charge is 2.36. The van der Waals surface area contributed by atoms with Gasteiger partial charge in [-0.2, -0.15) is 0 Å². The van der Waals surface area contributed by atoms with Crippen LogP contribution in [0.5, 0.6) is 0 Å². The average Bonchev–Trinajstić information content (AvgIpc) is 2.92. The van der Waals surface area contributed by atoms with Gasteiger partial charge in [0.05, 0.1) is 6.10 Å². The van der Waals surface area contributed by atoms with Crippen molar-refractivity contribution in [1.29, 1.82) is 0 Å². The number of nitrogens with zero attached hydrogens (tertiary/aromatic N) is 5. The number of carbonyl (C=O) groups excluding carboxylic acids is 2. The summed E-state index contributed by atoms with van der Waals surface area (Å²) in [5.74, 6) is 0.396. The zero-order valence-electron chi connectivity index (χ0n) is 23.2. The summed E-state index contributed by atoms with van der Waals surface area (Å²) >= 11 is 0. The van der Waals surface area contributed by atoms with Gasteiger partial charge in [0, 0.05) is 57.4 Å². The molecule has 0 aliphatic carbocycles. The van der Waals surface area contributed by atoms with Gasteiger partial charge in [-0.3, -0.25) is 9.69 Å². The molecule has 0 bridgehead atoms. The molecule has 2 atom stereocenters. The Morgan fingerprint density at radius 3 is 2.44 bits per heavy atom. The number of β-amino-alcohol motifs (C(OH)–C–C–N with tert-alkyl or cyclic N) is 1. The molecule has 1 aromatic carbocycles. The minimum atomic E-state index is -0.609. The van der Waals surface area contributed by atoms with Crippen molar-refractivity contribution < 1.29 is 19.4 Å². The monoisotopic (exact) mass is 536 g/mol. The number of hydrogen-bond donors (Lipinski definition) is 2. The van der Waals surface area contributed by atoms with Crippen LogP contribution in [-0.4, -0.2) is 98.3 Å². The molecule has 210 valence electrons. The van der Waals surface area contributed by atoms with Gasteiger partial charge in [-0.1, -0.05) is 24.3 Å². The third-order valence-electron chi connectivity index (χ3n) is 7.85. The number of carbonyl (C=O) groups is 2. The number of piperidine rings is 2. The van der Waals surface area contributed by atoms with Crippen LogP contribution < -0.4 is 5.32 Å². The normalized spacial score (nSPS) is 22.8. The predicted molar refractivity (Wildman–Crippen MR) is 147 cm³/mol. The second-order valence-corrected chi connectivity index (χ2v) is 11.8. The van der Waals surface area contributed by atoms with E-state index in [0.717, 1.165) is 38.8 Å². The number of aliphatic hydroxyl groups is 1. The van der Waals surface area contributed by atoms with Crippen molar-refractivity contribution in [3.05, 3.63) is 53.5 Å². The molecule has 0 saturated carbocycles. The summed E-state index contributed by atoms with van der Waals surface area (Å²) < 4.78 is 5.48. The number of likely N-dealkylation sites (tertiary alicyclic amines) is 2. The highest BCUT2D eigenvalue weighted by atomic mass is 16.6. The van der Waals surface area contributed by atoms with Gasteiger partial charge in [0.1, 0.15) is 23.4 Å². The van der Waals surface area contributed by atoms with Crippen LogP contribution in [0.4, 0.5) is 10.6 Å². The van der Waals surface area contributed by atoms with E-state index in [4.69, 9.17) is 4.74 Å². The number of aromatic nitrogens is 2. The second kappa shape index (κ2) is 11.5. The van der Waals surface area contributed by atoms with Crippen LogP contribution in [0.15, 0.2) is 36.7 Å². The number of benzene rings is 1. The molecule has 5 rings (SSSR count). The second-order valence-electron chi connectivity index (χ2n) is 11.8. The fourth-order valence-corrected chi connectivity index (χ4v) is 5.79. The van der Waals surface area contributed by atoms with Crippen molar-refractivity contribution in [2.24, 2.45) is 0 Å². The lowest BCUT2D eigenvalue weighted by molar-refractivity contribution is -0.0139. The van der Waals surface area contributed by atoms with Gasteiger partial charge in [-0.25, -0.2) is 14.8 Å². The van der Waals surface area contributed by atoms with E-state index in [1.54, 1.807) is 15.9 Å². The SMILES string of the molecule is CC(C)(C)OC(=O)N1CCC(Nc2cc(C(=O)N3CCC(N4CCc5ccccc5C4)[C@@H](O)C3)ncn2)CC1. The van der Waals surface area contributed by atoms with Crippen molar-refractivity contribution in [2.75, 3.05) is 38.0 Å². The zero-order valence-corrected chi connectivity index (χ0v) is 23.2. The quantitative estimate of drug-likeness (QED) is 0.614. The third-order valence-corrected chi connectivity index (χ3v) is 7.85. The number of anilines is 1. The van der Waals surface area contributed by atoms with Crippen LogP contribution in [0.3, 0.4) is 0 Å². The van der Waals surface area contributed by atoms with Gasteiger partial charge < -0.3 is 25.0 Å².